The smallest absolute Gasteiger partial charge is 0.134 e. The molecule has 0 saturated carbocycles. The van der Waals surface area contributed by atoms with Crippen LogP contribution in [0.5, 0.6) is 0 Å². The summed E-state index contributed by atoms with van der Waals surface area (Å²) >= 11 is 0. The first-order valence-corrected chi connectivity index (χ1v) is 6.49. The van der Waals surface area contributed by atoms with E-state index in [0.717, 1.165) is 31.1 Å². The average molecular weight is 249 g/mol. The van der Waals surface area contributed by atoms with Crippen LogP contribution in [0.4, 0.5) is 0 Å². The van der Waals surface area contributed by atoms with Gasteiger partial charge in [-0.15, -0.1) is 0 Å². The molecule has 2 rings (SSSR count). The summed E-state index contributed by atoms with van der Waals surface area (Å²) in [5.41, 5.74) is 3.49. The zero-order valence-corrected chi connectivity index (χ0v) is 12.1. The van der Waals surface area contributed by atoms with Crippen LogP contribution in [-0.4, -0.2) is 35.6 Å². The zero-order chi connectivity index (χ0) is 13.3. The summed E-state index contributed by atoms with van der Waals surface area (Å²) in [6.45, 7) is 8.75. The second-order valence-corrected chi connectivity index (χ2v) is 6.21. The first-order valence-electron chi connectivity index (χ1n) is 6.49. The van der Waals surface area contributed by atoms with Crippen LogP contribution in [0, 0.1) is 0 Å². The number of fused-ring (bicyclic) bond motifs is 1. The molecule has 0 atom stereocenters. The molecule has 0 fully saturated rings. The van der Waals surface area contributed by atoms with Crippen LogP contribution < -0.4 is 0 Å². The van der Waals surface area contributed by atoms with E-state index in [2.05, 4.69) is 39.8 Å². The maximum Gasteiger partial charge on any atom is 0.134 e. The molecule has 0 N–H and O–H groups in total. The van der Waals surface area contributed by atoms with Gasteiger partial charge in [-0.1, -0.05) is 20.8 Å². The van der Waals surface area contributed by atoms with Gasteiger partial charge in [0.2, 0.25) is 0 Å². The van der Waals surface area contributed by atoms with Gasteiger partial charge in [0.25, 0.3) is 0 Å². The van der Waals surface area contributed by atoms with Gasteiger partial charge >= 0.3 is 0 Å². The van der Waals surface area contributed by atoms with E-state index < -0.39 is 0 Å². The topological polar surface area (TPSA) is 38.2 Å². The molecule has 100 valence electrons. The lowest BCUT2D eigenvalue weighted by atomic mass is 9.94. The number of aromatic nitrogens is 2. The summed E-state index contributed by atoms with van der Waals surface area (Å²) in [5, 5.41) is 0. The Balaban J connectivity index is 2.48. The fourth-order valence-electron chi connectivity index (χ4n) is 2.06. The van der Waals surface area contributed by atoms with Gasteiger partial charge in [0.05, 0.1) is 24.6 Å². The minimum absolute atomic E-state index is 0.00556. The highest BCUT2D eigenvalue weighted by molar-refractivity contribution is 5.28. The SMILES string of the molecule is CN(C)Cc1nc(C(C)(C)C)nc2c1COCC2. The quantitative estimate of drug-likeness (QED) is 0.802. The van der Waals surface area contributed by atoms with E-state index >= 15 is 0 Å². The maximum absolute atomic E-state index is 5.55. The third-order valence-corrected chi connectivity index (χ3v) is 3.04. The molecule has 18 heavy (non-hydrogen) atoms. The second-order valence-electron chi connectivity index (χ2n) is 6.21. The Labute approximate surface area is 109 Å². The van der Waals surface area contributed by atoms with Gasteiger partial charge in [0.1, 0.15) is 5.82 Å². The Morgan fingerprint density at radius 3 is 2.56 bits per heavy atom. The molecule has 0 spiro atoms. The molecular formula is C14H23N3O. The van der Waals surface area contributed by atoms with Gasteiger partial charge in [-0.25, -0.2) is 9.97 Å². The van der Waals surface area contributed by atoms with E-state index in [1.54, 1.807) is 0 Å². The van der Waals surface area contributed by atoms with Crippen LogP contribution in [0.2, 0.25) is 0 Å². The van der Waals surface area contributed by atoms with Crippen molar-refractivity contribution in [2.24, 2.45) is 0 Å². The summed E-state index contributed by atoms with van der Waals surface area (Å²) < 4.78 is 5.55. The maximum atomic E-state index is 5.55. The molecule has 4 nitrogen and oxygen atoms in total. The van der Waals surface area contributed by atoms with Crippen LogP contribution in [-0.2, 0) is 29.7 Å². The predicted molar refractivity (Wildman–Crippen MR) is 71.5 cm³/mol. The van der Waals surface area contributed by atoms with E-state index in [1.165, 1.54) is 11.3 Å². The van der Waals surface area contributed by atoms with Crippen molar-refractivity contribution >= 4 is 0 Å². The van der Waals surface area contributed by atoms with Crippen LogP contribution in [0.3, 0.4) is 0 Å². The van der Waals surface area contributed by atoms with Crippen molar-refractivity contribution in [1.29, 1.82) is 0 Å². The summed E-state index contributed by atoms with van der Waals surface area (Å²) in [5.74, 6) is 0.944. The molecule has 0 aromatic carbocycles. The molecule has 0 aliphatic carbocycles. The predicted octanol–water partition coefficient (Wildman–Crippen LogP) is 1.91. The van der Waals surface area contributed by atoms with E-state index in [9.17, 15) is 0 Å². The Hall–Kier alpha value is -1.00. The summed E-state index contributed by atoms with van der Waals surface area (Å²) in [6.07, 6.45) is 0.904. The van der Waals surface area contributed by atoms with Crippen molar-refractivity contribution in [3.8, 4) is 0 Å². The van der Waals surface area contributed by atoms with Crippen molar-refractivity contribution in [3.05, 3.63) is 22.8 Å². The lowest BCUT2D eigenvalue weighted by Crippen LogP contribution is -2.25. The molecule has 0 amide bonds. The molecule has 0 bridgehead atoms. The highest BCUT2D eigenvalue weighted by atomic mass is 16.5. The van der Waals surface area contributed by atoms with Crippen molar-refractivity contribution in [2.45, 2.75) is 45.8 Å². The third kappa shape index (κ3) is 2.87. The highest BCUT2D eigenvalue weighted by Crippen LogP contribution is 2.24. The summed E-state index contributed by atoms with van der Waals surface area (Å²) in [7, 11) is 4.13. The molecule has 4 heteroatoms. The Morgan fingerprint density at radius 1 is 1.22 bits per heavy atom. The molecule has 0 radical (unpaired) electrons. The summed E-state index contributed by atoms with van der Waals surface area (Å²) in [4.78, 5) is 11.7. The lowest BCUT2D eigenvalue weighted by Gasteiger charge is -2.25. The first kappa shape index (κ1) is 13.4. The Bertz CT molecular complexity index is 435. The lowest BCUT2D eigenvalue weighted by molar-refractivity contribution is 0.107. The van der Waals surface area contributed by atoms with Crippen molar-refractivity contribution in [3.63, 3.8) is 0 Å². The molecule has 1 aliphatic rings. The molecule has 1 aliphatic heterocycles. The minimum Gasteiger partial charge on any atom is -0.376 e. The van der Waals surface area contributed by atoms with Crippen molar-refractivity contribution in [2.75, 3.05) is 20.7 Å². The third-order valence-electron chi connectivity index (χ3n) is 3.04. The Morgan fingerprint density at radius 2 is 1.94 bits per heavy atom. The van der Waals surface area contributed by atoms with Crippen LogP contribution in [0.25, 0.3) is 0 Å². The number of hydrogen-bond acceptors (Lipinski definition) is 4. The zero-order valence-electron chi connectivity index (χ0n) is 12.1. The first-order chi connectivity index (χ1) is 8.38. The Kier molecular flexibility index (Phi) is 3.69. The largest absolute Gasteiger partial charge is 0.376 e. The van der Waals surface area contributed by atoms with Gasteiger partial charge in [-0.05, 0) is 14.1 Å². The normalized spacial score (nSPS) is 15.9. The number of nitrogens with zero attached hydrogens (tertiary/aromatic N) is 3. The number of rotatable bonds is 2. The number of ether oxygens (including phenoxy) is 1. The van der Waals surface area contributed by atoms with Gasteiger partial charge in [-0.3, -0.25) is 0 Å². The number of hydrogen-bond donors (Lipinski definition) is 0. The van der Waals surface area contributed by atoms with E-state index in [4.69, 9.17) is 14.7 Å². The summed E-state index contributed by atoms with van der Waals surface area (Å²) in [6, 6.07) is 0. The highest BCUT2D eigenvalue weighted by Gasteiger charge is 2.24. The van der Waals surface area contributed by atoms with Crippen molar-refractivity contribution in [1.82, 2.24) is 14.9 Å². The monoisotopic (exact) mass is 249 g/mol. The standard InChI is InChI=1S/C14H23N3O/c1-14(2,3)13-15-11-6-7-18-9-10(11)12(16-13)8-17(4)5/h6-9H2,1-5H3. The fraction of sp³-hybridized carbons (Fsp3) is 0.714. The molecule has 0 saturated heterocycles. The molecule has 1 aromatic heterocycles. The molecular weight excluding hydrogens is 226 g/mol. The van der Waals surface area contributed by atoms with Crippen LogP contribution in [0.1, 0.15) is 43.5 Å². The van der Waals surface area contributed by atoms with Gasteiger partial charge in [-0.2, -0.15) is 0 Å². The van der Waals surface area contributed by atoms with Crippen LogP contribution >= 0.6 is 0 Å². The minimum atomic E-state index is -0.00556. The van der Waals surface area contributed by atoms with E-state index in [0.29, 0.717) is 6.61 Å². The van der Waals surface area contributed by atoms with E-state index in [-0.39, 0.29) is 5.41 Å². The van der Waals surface area contributed by atoms with Gasteiger partial charge < -0.3 is 9.64 Å². The van der Waals surface area contributed by atoms with Gasteiger partial charge in [0.15, 0.2) is 0 Å². The van der Waals surface area contributed by atoms with Crippen molar-refractivity contribution < 1.29 is 4.74 Å². The molecule has 1 aromatic rings. The second kappa shape index (κ2) is 4.94. The molecule has 2 heterocycles. The fourth-order valence-corrected chi connectivity index (χ4v) is 2.06. The molecule has 0 unspecified atom stereocenters. The average Bonchev–Trinajstić information content (AvgIpc) is 2.27. The van der Waals surface area contributed by atoms with Crippen LogP contribution in [0.15, 0.2) is 0 Å². The van der Waals surface area contributed by atoms with Gasteiger partial charge in [0, 0.05) is 23.9 Å². The van der Waals surface area contributed by atoms with E-state index in [1.807, 2.05) is 0 Å².